The maximum absolute atomic E-state index is 3.70. The molecule has 0 radical (unpaired) electrons. The quantitative estimate of drug-likeness (QED) is 0.708. The molecule has 0 aliphatic heterocycles. The largest absolute Gasteiger partial charge is 0.314 e. The highest BCUT2D eigenvalue weighted by Gasteiger charge is 2.26. The number of likely N-dealkylation sites (N-methyl/N-ethyl adjacent to an activating group) is 1. The van der Waals surface area contributed by atoms with Crippen LogP contribution in [0.3, 0.4) is 0 Å². The molecule has 0 spiro atoms. The molecule has 102 valence electrons. The second-order valence-electron chi connectivity index (χ2n) is 5.27. The normalized spacial score (nSPS) is 16.2. The number of hydrogen-bond acceptors (Lipinski definition) is 1. The van der Waals surface area contributed by atoms with E-state index in [-0.39, 0.29) is 0 Å². The van der Waals surface area contributed by atoms with Gasteiger partial charge >= 0.3 is 0 Å². The van der Waals surface area contributed by atoms with Crippen LogP contribution in [-0.4, -0.2) is 12.6 Å². The van der Waals surface area contributed by atoms with Gasteiger partial charge in [0, 0.05) is 12.0 Å². The van der Waals surface area contributed by atoms with Crippen LogP contribution in [-0.2, 0) is 0 Å². The van der Waals surface area contributed by atoms with Crippen LogP contribution in [0.2, 0.25) is 0 Å². The van der Waals surface area contributed by atoms with E-state index in [2.05, 4.69) is 63.3 Å². The molecule has 1 aromatic rings. The van der Waals surface area contributed by atoms with Gasteiger partial charge in [0.25, 0.3) is 0 Å². The zero-order valence-corrected chi connectivity index (χ0v) is 12.4. The first kappa shape index (κ1) is 15.2. The summed E-state index contributed by atoms with van der Waals surface area (Å²) in [6, 6.07) is 11.6. The monoisotopic (exact) mass is 247 g/mol. The fraction of sp³-hybridized carbons (Fsp3) is 0.647. The van der Waals surface area contributed by atoms with Crippen LogP contribution in [0.4, 0.5) is 0 Å². The molecule has 1 rings (SSSR count). The standard InChI is InChI=1S/C17H29N/c1-5-11-16(18-7-3)17(14(4)6-2)15-12-9-8-10-13-15/h8-10,12-14,16-18H,5-7,11H2,1-4H3. The van der Waals surface area contributed by atoms with Crippen LogP contribution in [0.5, 0.6) is 0 Å². The first-order chi connectivity index (χ1) is 8.74. The molecule has 0 saturated carbocycles. The summed E-state index contributed by atoms with van der Waals surface area (Å²) in [5.74, 6) is 1.36. The van der Waals surface area contributed by atoms with Crippen molar-refractivity contribution in [1.29, 1.82) is 0 Å². The Morgan fingerprint density at radius 3 is 2.22 bits per heavy atom. The summed E-state index contributed by atoms with van der Waals surface area (Å²) >= 11 is 0. The van der Waals surface area contributed by atoms with Gasteiger partial charge in [-0.2, -0.15) is 0 Å². The molecule has 0 bridgehead atoms. The van der Waals surface area contributed by atoms with Gasteiger partial charge in [0.05, 0.1) is 0 Å². The van der Waals surface area contributed by atoms with Crippen molar-refractivity contribution in [3.8, 4) is 0 Å². The number of rotatable bonds is 8. The molecule has 0 aromatic heterocycles. The molecule has 0 amide bonds. The SMILES string of the molecule is CCCC(NCC)C(c1ccccc1)C(C)CC. The van der Waals surface area contributed by atoms with Crippen molar-refractivity contribution in [2.75, 3.05) is 6.54 Å². The second kappa shape index (κ2) is 8.31. The summed E-state index contributed by atoms with van der Waals surface area (Å²) in [5.41, 5.74) is 1.49. The average molecular weight is 247 g/mol. The lowest BCUT2D eigenvalue weighted by Crippen LogP contribution is -2.37. The van der Waals surface area contributed by atoms with E-state index in [9.17, 15) is 0 Å². The van der Waals surface area contributed by atoms with Gasteiger partial charge in [0.15, 0.2) is 0 Å². The molecule has 0 aliphatic carbocycles. The van der Waals surface area contributed by atoms with Crippen LogP contribution >= 0.6 is 0 Å². The van der Waals surface area contributed by atoms with Gasteiger partial charge in [-0.25, -0.2) is 0 Å². The molecule has 0 aliphatic rings. The molecule has 1 N–H and O–H groups in total. The van der Waals surface area contributed by atoms with Crippen LogP contribution in [0, 0.1) is 5.92 Å². The van der Waals surface area contributed by atoms with Gasteiger partial charge < -0.3 is 5.32 Å². The van der Waals surface area contributed by atoms with E-state index in [4.69, 9.17) is 0 Å². The van der Waals surface area contributed by atoms with E-state index < -0.39 is 0 Å². The summed E-state index contributed by atoms with van der Waals surface area (Å²) in [5, 5.41) is 3.70. The van der Waals surface area contributed by atoms with Gasteiger partial charge in [-0.05, 0) is 24.4 Å². The van der Waals surface area contributed by atoms with E-state index in [1.54, 1.807) is 0 Å². The molecule has 1 heteroatoms. The molecule has 1 aromatic carbocycles. The summed E-state index contributed by atoms with van der Waals surface area (Å²) in [6.07, 6.45) is 3.75. The van der Waals surface area contributed by atoms with E-state index in [1.807, 2.05) is 0 Å². The Hall–Kier alpha value is -0.820. The highest BCUT2D eigenvalue weighted by molar-refractivity contribution is 5.22. The number of hydrogen-bond donors (Lipinski definition) is 1. The third-order valence-electron chi connectivity index (χ3n) is 3.94. The number of benzene rings is 1. The lowest BCUT2D eigenvalue weighted by molar-refractivity contribution is 0.322. The van der Waals surface area contributed by atoms with Crippen molar-refractivity contribution in [3.05, 3.63) is 35.9 Å². The molecule has 18 heavy (non-hydrogen) atoms. The maximum atomic E-state index is 3.70. The molecule has 0 saturated heterocycles. The van der Waals surface area contributed by atoms with Crippen LogP contribution in [0.25, 0.3) is 0 Å². The van der Waals surface area contributed by atoms with E-state index in [1.165, 1.54) is 24.8 Å². The Bertz CT molecular complexity index is 301. The predicted octanol–water partition coefficient (Wildman–Crippen LogP) is 4.59. The van der Waals surface area contributed by atoms with Crippen molar-refractivity contribution in [2.24, 2.45) is 5.92 Å². The van der Waals surface area contributed by atoms with E-state index in [0.29, 0.717) is 12.0 Å². The average Bonchev–Trinajstić information content (AvgIpc) is 2.40. The Morgan fingerprint density at radius 1 is 1.06 bits per heavy atom. The van der Waals surface area contributed by atoms with E-state index >= 15 is 0 Å². The van der Waals surface area contributed by atoms with Crippen molar-refractivity contribution < 1.29 is 0 Å². The van der Waals surface area contributed by atoms with Gasteiger partial charge in [0.2, 0.25) is 0 Å². The molecular formula is C17H29N. The fourth-order valence-corrected chi connectivity index (χ4v) is 2.87. The van der Waals surface area contributed by atoms with Gasteiger partial charge in [-0.3, -0.25) is 0 Å². The molecule has 3 unspecified atom stereocenters. The third-order valence-corrected chi connectivity index (χ3v) is 3.94. The topological polar surface area (TPSA) is 12.0 Å². The first-order valence-corrected chi connectivity index (χ1v) is 7.52. The zero-order chi connectivity index (χ0) is 13.4. The van der Waals surface area contributed by atoms with Crippen LogP contribution in [0.15, 0.2) is 30.3 Å². The first-order valence-electron chi connectivity index (χ1n) is 7.52. The molecule has 0 fully saturated rings. The zero-order valence-electron chi connectivity index (χ0n) is 12.4. The van der Waals surface area contributed by atoms with E-state index in [0.717, 1.165) is 12.5 Å². The second-order valence-corrected chi connectivity index (χ2v) is 5.27. The van der Waals surface area contributed by atoms with Crippen molar-refractivity contribution in [3.63, 3.8) is 0 Å². The fourth-order valence-electron chi connectivity index (χ4n) is 2.87. The highest BCUT2D eigenvalue weighted by Crippen LogP contribution is 2.32. The Labute approximate surface area is 113 Å². The Morgan fingerprint density at radius 2 is 1.72 bits per heavy atom. The summed E-state index contributed by atoms with van der Waals surface area (Å²) in [6.45, 7) is 10.2. The summed E-state index contributed by atoms with van der Waals surface area (Å²) in [4.78, 5) is 0. The highest BCUT2D eigenvalue weighted by atomic mass is 14.9. The van der Waals surface area contributed by atoms with Crippen LogP contribution in [0.1, 0.15) is 58.4 Å². The van der Waals surface area contributed by atoms with Crippen molar-refractivity contribution in [2.45, 2.75) is 58.9 Å². The molecular weight excluding hydrogens is 218 g/mol. The van der Waals surface area contributed by atoms with Gasteiger partial charge in [-0.15, -0.1) is 0 Å². The maximum Gasteiger partial charge on any atom is 0.0138 e. The minimum atomic E-state index is 0.609. The van der Waals surface area contributed by atoms with Gasteiger partial charge in [0.1, 0.15) is 0 Å². The Kier molecular flexibility index (Phi) is 7.04. The lowest BCUT2D eigenvalue weighted by Gasteiger charge is -2.32. The minimum absolute atomic E-state index is 0.609. The predicted molar refractivity (Wildman–Crippen MR) is 81.0 cm³/mol. The summed E-state index contributed by atoms with van der Waals surface area (Å²) in [7, 11) is 0. The molecule has 1 nitrogen and oxygen atoms in total. The lowest BCUT2D eigenvalue weighted by atomic mass is 9.78. The number of nitrogens with one attached hydrogen (secondary N) is 1. The van der Waals surface area contributed by atoms with Gasteiger partial charge in [-0.1, -0.05) is 70.9 Å². The minimum Gasteiger partial charge on any atom is -0.314 e. The third kappa shape index (κ3) is 4.13. The smallest absolute Gasteiger partial charge is 0.0138 e. The summed E-state index contributed by atoms with van der Waals surface area (Å²) < 4.78 is 0. The van der Waals surface area contributed by atoms with Crippen molar-refractivity contribution in [1.82, 2.24) is 5.32 Å². The van der Waals surface area contributed by atoms with Crippen molar-refractivity contribution >= 4 is 0 Å². The van der Waals surface area contributed by atoms with Crippen LogP contribution < -0.4 is 5.32 Å². The Balaban J connectivity index is 2.95. The molecule has 3 atom stereocenters. The molecule has 0 heterocycles.